The second-order valence-electron chi connectivity index (χ2n) is 6.47. The van der Waals surface area contributed by atoms with E-state index in [9.17, 15) is 9.59 Å². The molecular formula is C20H20N2O3. The van der Waals surface area contributed by atoms with E-state index in [-0.39, 0.29) is 17.9 Å². The van der Waals surface area contributed by atoms with Crippen molar-refractivity contribution in [2.75, 3.05) is 23.4 Å². The Morgan fingerprint density at radius 2 is 1.96 bits per heavy atom. The maximum atomic E-state index is 12.6. The molecule has 2 aliphatic rings. The number of aryl methyl sites for hydroxylation is 1. The Bertz CT molecular complexity index is 818. The summed E-state index contributed by atoms with van der Waals surface area (Å²) in [6, 6.07) is 15.7. The molecule has 4 rings (SSSR count). The summed E-state index contributed by atoms with van der Waals surface area (Å²) in [5.74, 6) is 0.238. The number of cyclic esters (lactones) is 1. The first kappa shape index (κ1) is 15.7. The van der Waals surface area contributed by atoms with Gasteiger partial charge in [-0.25, -0.2) is 4.79 Å². The molecule has 2 aromatic rings. The molecule has 1 fully saturated rings. The van der Waals surface area contributed by atoms with Crippen LogP contribution >= 0.6 is 0 Å². The Morgan fingerprint density at radius 1 is 1.16 bits per heavy atom. The number of amides is 2. The zero-order chi connectivity index (χ0) is 17.2. The van der Waals surface area contributed by atoms with Crippen molar-refractivity contribution in [3.63, 3.8) is 0 Å². The summed E-state index contributed by atoms with van der Waals surface area (Å²) in [4.78, 5) is 26.0. The minimum absolute atomic E-state index is 0.0262. The summed E-state index contributed by atoms with van der Waals surface area (Å²) in [6.07, 6.45) is 2.12. The van der Waals surface area contributed by atoms with Crippen LogP contribution in [-0.4, -0.2) is 25.2 Å². The molecule has 0 bridgehead atoms. The van der Waals surface area contributed by atoms with Crippen LogP contribution in [0.15, 0.2) is 48.5 Å². The first-order valence-corrected chi connectivity index (χ1v) is 8.63. The van der Waals surface area contributed by atoms with Gasteiger partial charge in [0.1, 0.15) is 6.61 Å². The standard InChI is InChI=1S/C20H20N2O3/c23-19(13-15-10-9-14-5-1-2-6-16(14)15)21-17-7-3-4-8-18(17)22-11-12-25-20(22)24/h1-8,15H,9-13H2,(H,21,23)/t15-/m0/s1. The van der Waals surface area contributed by atoms with E-state index in [0.29, 0.717) is 30.9 Å². The number of anilines is 2. The number of benzene rings is 2. The van der Waals surface area contributed by atoms with Crippen molar-refractivity contribution in [3.05, 3.63) is 59.7 Å². The molecule has 2 amide bonds. The van der Waals surface area contributed by atoms with Gasteiger partial charge in [0, 0.05) is 6.42 Å². The van der Waals surface area contributed by atoms with Crippen LogP contribution < -0.4 is 10.2 Å². The third-order valence-electron chi connectivity index (χ3n) is 4.92. The molecule has 1 aliphatic heterocycles. The predicted octanol–water partition coefficient (Wildman–Crippen LogP) is 3.70. The smallest absolute Gasteiger partial charge is 0.414 e. The van der Waals surface area contributed by atoms with E-state index in [1.54, 1.807) is 4.90 Å². The Hall–Kier alpha value is -2.82. The van der Waals surface area contributed by atoms with Crippen molar-refractivity contribution >= 4 is 23.4 Å². The van der Waals surface area contributed by atoms with E-state index < -0.39 is 0 Å². The van der Waals surface area contributed by atoms with Crippen molar-refractivity contribution in [2.24, 2.45) is 0 Å². The number of carbonyl (C=O) groups is 2. The van der Waals surface area contributed by atoms with Gasteiger partial charge >= 0.3 is 6.09 Å². The van der Waals surface area contributed by atoms with Crippen LogP contribution in [0.2, 0.25) is 0 Å². The third kappa shape index (κ3) is 3.09. The lowest BCUT2D eigenvalue weighted by Crippen LogP contribution is -2.25. The summed E-state index contributed by atoms with van der Waals surface area (Å²) < 4.78 is 5.00. The summed E-state index contributed by atoms with van der Waals surface area (Å²) >= 11 is 0. The molecule has 1 N–H and O–H groups in total. The molecule has 1 heterocycles. The van der Waals surface area contributed by atoms with Crippen LogP contribution in [0.1, 0.15) is 29.9 Å². The van der Waals surface area contributed by atoms with Crippen LogP contribution in [0.25, 0.3) is 0 Å². The number of nitrogens with one attached hydrogen (secondary N) is 1. The fourth-order valence-electron chi connectivity index (χ4n) is 3.71. The lowest BCUT2D eigenvalue weighted by atomic mass is 9.97. The Labute approximate surface area is 146 Å². The average Bonchev–Trinajstić information content (AvgIpc) is 3.22. The summed E-state index contributed by atoms with van der Waals surface area (Å²) in [6.45, 7) is 0.877. The van der Waals surface area contributed by atoms with Gasteiger partial charge in [-0.2, -0.15) is 0 Å². The highest BCUT2D eigenvalue weighted by atomic mass is 16.6. The molecule has 0 radical (unpaired) electrons. The Morgan fingerprint density at radius 3 is 2.80 bits per heavy atom. The van der Waals surface area contributed by atoms with Gasteiger partial charge in [0.15, 0.2) is 0 Å². The topological polar surface area (TPSA) is 58.6 Å². The van der Waals surface area contributed by atoms with E-state index in [0.717, 1.165) is 12.8 Å². The van der Waals surface area contributed by atoms with E-state index in [4.69, 9.17) is 4.74 Å². The van der Waals surface area contributed by atoms with Crippen molar-refractivity contribution in [2.45, 2.75) is 25.2 Å². The van der Waals surface area contributed by atoms with Crippen molar-refractivity contribution in [1.82, 2.24) is 0 Å². The monoisotopic (exact) mass is 336 g/mol. The van der Waals surface area contributed by atoms with Gasteiger partial charge < -0.3 is 10.1 Å². The number of nitrogens with zero attached hydrogens (tertiary/aromatic N) is 1. The molecular weight excluding hydrogens is 316 g/mol. The maximum absolute atomic E-state index is 12.6. The third-order valence-corrected chi connectivity index (χ3v) is 4.92. The predicted molar refractivity (Wildman–Crippen MR) is 95.9 cm³/mol. The van der Waals surface area contributed by atoms with Crippen LogP contribution in [-0.2, 0) is 16.0 Å². The zero-order valence-corrected chi connectivity index (χ0v) is 13.9. The van der Waals surface area contributed by atoms with Crippen molar-refractivity contribution in [3.8, 4) is 0 Å². The maximum Gasteiger partial charge on any atom is 0.414 e. The number of ether oxygens (including phenoxy) is 1. The second-order valence-corrected chi connectivity index (χ2v) is 6.47. The summed E-state index contributed by atoms with van der Waals surface area (Å²) in [5, 5.41) is 2.98. The minimum Gasteiger partial charge on any atom is -0.447 e. The molecule has 2 aromatic carbocycles. The molecule has 1 saturated heterocycles. The average molecular weight is 336 g/mol. The van der Waals surface area contributed by atoms with E-state index >= 15 is 0 Å². The lowest BCUT2D eigenvalue weighted by molar-refractivity contribution is -0.116. The van der Waals surface area contributed by atoms with Crippen LogP contribution in [0.5, 0.6) is 0 Å². The molecule has 0 aromatic heterocycles. The van der Waals surface area contributed by atoms with E-state index in [1.807, 2.05) is 36.4 Å². The first-order chi connectivity index (χ1) is 12.2. The number of hydrogen-bond acceptors (Lipinski definition) is 3. The molecule has 5 nitrogen and oxygen atoms in total. The fraction of sp³-hybridized carbons (Fsp3) is 0.300. The summed E-state index contributed by atoms with van der Waals surface area (Å²) in [7, 11) is 0. The Balaban J connectivity index is 1.48. The highest BCUT2D eigenvalue weighted by molar-refractivity contribution is 5.99. The van der Waals surface area contributed by atoms with Crippen LogP contribution in [0, 0.1) is 0 Å². The van der Waals surface area contributed by atoms with Gasteiger partial charge in [-0.15, -0.1) is 0 Å². The molecule has 25 heavy (non-hydrogen) atoms. The SMILES string of the molecule is O=C(C[C@@H]1CCc2ccccc21)Nc1ccccc1N1CCOC1=O. The number of carbonyl (C=O) groups excluding carboxylic acids is 2. The quantitative estimate of drug-likeness (QED) is 0.926. The van der Waals surface area contributed by atoms with Crippen LogP contribution in [0.4, 0.5) is 16.2 Å². The highest BCUT2D eigenvalue weighted by Crippen LogP contribution is 2.36. The van der Waals surface area contributed by atoms with E-state index in [2.05, 4.69) is 17.4 Å². The number of para-hydroxylation sites is 2. The molecule has 1 atom stereocenters. The fourth-order valence-corrected chi connectivity index (χ4v) is 3.71. The van der Waals surface area contributed by atoms with Gasteiger partial charge in [0.25, 0.3) is 0 Å². The second kappa shape index (κ2) is 6.59. The number of hydrogen-bond donors (Lipinski definition) is 1. The number of rotatable bonds is 4. The minimum atomic E-state index is -0.369. The largest absolute Gasteiger partial charge is 0.447 e. The normalized spacial score (nSPS) is 18.8. The first-order valence-electron chi connectivity index (χ1n) is 8.63. The molecule has 5 heteroatoms. The molecule has 1 aliphatic carbocycles. The van der Waals surface area contributed by atoms with Crippen LogP contribution in [0.3, 0.4) is 0 Å². The highest BCUT2D eigenvalue weighted by Gasteiger charge is 2.27. The van der Waals surface area contributed by atoms with Crippen molar-refractivity contribution in [1.29, 1.82) is 0 Å². The van der Waals surface area contributed by atoms with Gasteiger partial charge in [0.05, 0.1) is 17.9 Å². The van der Waals surface area contributed by atoms with Gasteiger partial charge in [-0.1, -0.05) is 36.4 Å². The van der Waals surface area contributed by atoms with Gasteiger partial charge in [-0.05, 0) is 42.0 Å². The van der Waals surface area contributed by atoms with Gasteiger partial charge in [-0.3, -0.25) is 9.69 Å². The Kier molecular flexibility index (Phi) is 4.14. The molecule has 128 valence electrons. The van der Waals surface area contributed by atoms with Crippen molar-refractivity contribution < 1.29 is 14.3 Å². The molecule has 0 unspecified atom stereocenters. The van der Waals surface area contributed by atoms with Gasteiger partial charge in [0.2, 0.25) is 5.91 Å². The summed E-state index contributed by atoms with van der Waals surface area (Å²) in [5.41, 5.74) is 3.97. The van der Waals surface area contributed by atoms with E-state index in [1.165, 1.54) is 11.1 Å². The lowest BCUT2D eigenvalue weighted by Gasteiger charge is -2.18. The molecule has 0 saturated carbocycles. The zero-order valence-electron chi connectivity index (χ0n) is 13.9. The number of fused-ring (bicyclic) bond motifs is 1. The molecule has 0 spiro atoms.